The van der Waals surface area contributed by atoms with E-state index in [1.807, 2.05) is 12.1 Å². The lowest BCUT2D eigenvalue weighted by atomic mass is 9.91. The fourth-order valence-electron chi connectivity index (χ4n) is 4.22. The fraction of sp³-hybridized carbons (Fsp3) is 0.345. The summed E-state index contributed by atoms with van der Waals surface area (Å²) in [7, 11) is 0. The van der Waals surface area contributed by atoms with Crippen LogP contribution >= 0.6 is 0 Å². The quantitative estimate of drug-likeness (QED) is 0.519. The minimum Gasteiger partial charge on any atom is -0.503 e. The Labute approximate surface area is 220 Å². The number of rotatable bonds is 8. The van der Waals surface area contributed by atoms with Crippen LogP contribution in [0.4, 0.5) is 8.78 Å². The normalized spacial score (nSPS) is 16.8. The predicted molar refractivity (Wildman–Crippen MR) is 139 cm³/mol. The standard InChI is InChI=1S/C29H29F2N3O4/c30-27(31)18-33-29(37)24(17-25-28(36)26(35)11-12-32-25)23-9-7-21(8-10-23)2-1-20-3-5-22(6-4-20)19-34-13-15-38-16-14-34/h3-10,12,24,27,36H,11,13-19H2,(H,33,37). The molecule has 2 aromatic carbocycles. The number of hydrogen-bond donors (Lipinski definition) is 2. The number of hydrogen-bond acceptors (Lipinski definition) is 6. The van der Waals surface area contributed by atoms with Crippen LogP contribution in [-0.4, -0.2) is 67.2 Å². The van der Waals surface area contributed by atoms with E-state index in [0.29, 0.717) is 11.1 Å². The number of aliphatic hydroxyl groups is 1. The third kappa shape index (κ3) is 7.57. The van der Waals surface area contributed by atoms with Gasteiger partial charge in [-0.1, -0.05) is 36.1 Å². The van der Waals surface area contributed by atoms with E-state index in [-0.39, 0.29) is 18.5 Å². The summed E-state index contributed by atoms with van der Waals surface area (Å²) in [6, 6.07) is 14.9. The number of allylic oxidation sites excluding steroid dienone is 2. The van der Waals surface area contributed by atoms with Crippen LogP contribution in [0.5, 0.6) is 0 Å². The average Bonchev–Trinajstić information content (AvgIpc) is 2.93. The molecule has 9 heteroatoms. The Balaban J connectivity index is 1.45. The number of aliphatic imine (C=N–C) groups is 1. The molecule has 1 saturated heterocycles. The summed E-state index contributed by atoms with van der Waals surface area (Å²) in [4.78, 5) is 31.0. The van der Waals surface area contributed by atoms with Gasteiger partial charge in [-0.05, 0) is 35.4 Å². The number of ketones is 1. The number of morpholine rings is 1. The summed E-state index contributed by atoms with van der Waals surface area (Å²) in [6.45, 7) is 3.46. The number of halogens is 2. The number of aliphatic hydroxyl groups excluding tert-OH is 1. The molecule has 0 aromatic heterocycles. The Bertz CT molecular complexity index is 1260. The molecule has 0 saturated carbocycles. The second-order valence-electron chi connectivity index (χ2n) is 9.08. The van der Waals surface area contributed by atoms with Crippen molar-refractivity contribution in [3.05, 3.63) is 82.2 Å². The van der Waals surface area contributed by atoms with Gasteiger partial charge in [0, 0.05) is 49.8 Å². The Morgan fingerprint density at radius 2 is 1.68 bits per heavy atom. The number of amides is 1. The largest absolute Gasteiger partial charge is 0.503 e. The molecular formula is C29H29F2N3O4. The summed E-state index contributed by atoms with van der Waals surface area (Å²) in [5.41, 5.74) is 3.38. The van der Waals surface area contributed by atoms with Gasteiger partial charge in [0.05, 0.1) is 31.4 Å². The molecule has 38 heavy (non-hydrogen) atoms. The van der Waals surface area contributed by atoms with Crippen molar-refractivity contribution in [1.29, 1.82) is 0 Å². The maximum atomic E-state index is 12.7. The third-order valence-electron chi connectivity index (χ3n) is 6.33. The molecule has 2 heterocycles. The van der Waals surface area contributed by atoms with Gasteiger partial charge in [0.15, 0.2) is 5.76 Å². The van der Waals surface area contributed by atoms with Crippen LogP contribution in [-0.2, 0) is 20.9 Å². The van der Waals surface area contributed by atoms with Crippen molar-refractivity contribution in [3.63, 3.8) is 0 Å². The van der Waals surface area contributed by atoms with Gasteiger partial charge < -0.3 is 15.2 Å². The summed E-state index contributed by atoms with van der Waals surface area (Å²) < 4.78 is 30.8. The van der Waals surface area contributed by atoms with Gasteiger partial charge in [-0.3, -0.25) is 19.5 Å². The monoisotopic (exact) mass is 521 g/mol. The van der Waals surface area contributed by atoms with Crippen LogP contribution in [0.15, 0.2) is 65.0 Å². The second kappa shape index (κ2) is 13.1. The lowest BCUT2D eigenvalue weighted by Gasteiger charge is -2.26. The van der Waals surface area contributed by atoms with E-state index in [2.05, 4.69) is 39.2 Å². The minimum atomic E-state index is -2.70. The highest BCUT2D eigenvalue weighted by Gasteiger charge is 2.27. The maximum Gasteiger partial charge on any atom is 0.255 e. The van der Waals surface area contributed by atoms with E-state index >= 15 is 0 Å². The van der Waals surface area contributed by atoms with Gasteiger partial charge in [0.1, 0.15) is 0 Å². The second-order valence-corrected chi connectivity index (χ2v) is 9.08. The highest BCUT2D eigenvalue weighted by molar-refractivity contribution is 6.04. The molecule has 1 atom stereocenters. The Morgan fingerprint density at radius 3 is 2.32 bits per heavy atom. The van der Waals surface area contributed by atoms with Crippen LogP contribution in [0.3, 0.4) is 0 Å². The van der Waals surface area contributed by atoms with Crippen molar-refractivity contribution >= 4 is 17.9 Å². The molecule has 2 aliphatic rings. The van der Waals surface area contributed by atoms with Gasteiger partial charge in [0.2, 0.25) is 11.7 Å². The van der Waals surface area contributed by atoms with E-state index in [9.17, 15) is 23.5 Å². The van der Waals surface area contributed by atoms with Crippen LogP contribution < -0.4 is 5.32 Å². The van der Waals surface area contributed by atoms with Crippen molar-refractivity contribution in [2.24, 2.45) is 4.99 Å². The van der Waals surface area contributed by atoms with Crippen molar-refractivity contribution in [1.82, 2.24) is 10.2 Å². The van der Waals surface area contributed by atoms with Crippen molar-refractivity contribution in [2.75, 3.05) is 32.8 Å². The van der Waals surface area contributed by atoms with Crippen LogP contribution in [0.25, 0.3) is 0 Å². The molecule has 0 radical (unpaired) electrons. The Morgan fingerprint density at radius 1 is 1.05 bits per heavy atom. The zero-order valence-electron chi connectivity index (χ0n) is 20.8. The zero-order chi connectivity index (χ0) is 26.9. The maximum absolute atomic E-state index is 12.7. The lowest BCUT2D eigenvalue weighted by molar-refractivity contribution is -0.123. The van der Waals surface area contributed by atoms with Gasteiger partial charge in [-0.15, -0.1) is 0 Å². The Hall–Kier alpha value is -3.87. The number of ether oxygens (including phenoxy) is 1. The van der Waals surface area contributed by atoms with Crippen LogP contribution in [0, 0.1) is 11.8 Å². The number of Topliss-reactive ketones (excluding diaryl/α,β-unsaturated/α-hetero) is 1. The number of alkyl halides is 2. The lowest BCUT2D eigenvalue weighted by Crippen LogP contribution is -2.35. The average molecular weight is 522 g/mol. The van der Waals surface area contributed by atoms with E-state index in [1.165, 1.54) is 11.8 Å². The van der Waals surface area contributed by atoms with E-state index in [0.717, 1.165) is 38.4 Å². The highest BCUT2D eigenvalue weighted by Crippen LogP contribution is 2.28. The molecular weight excluding hydrogens is 492 g/mol. The smallest absolute Gasteiger partial charge is 0.255 e. The minimum absolute atomic E-state index is 0.0262. The first-order chi connectivity index (χ1) is 18.4. The van der Waals surface area contributed by atoms with Crippen LogP contribution in [0.2, 0.25) is 0 Å². The number of nitrogens with one attached hydrogen (secondary N) is 1. The fourth-order valence-corrected chi connectivity index (χ4v) is 4.22. The number of nitrogens with zero attached hydrogens (tertiary/aromatic N) is 2. The molecule has 0 aliphatic carbocycles. The van der Waals surface area contributed by atoms with Gasteiger partial charge >= 0.3 is 0 Å². The summed E-state index contributed by atoms with van der Waals surface area (Å²) in [5.74, 6) is 3.66. The van der Waals surface area contributed by atoms with Gasteiger partial charge in [-0.2, -0.15) is 0 Å². The molecule has 1 amide bonds. The molecule has 7 nitrogen and oxygen atoms in total. The number of carbonyl (C=O) groups is 2. The molecule has 0 bridgehead atoms. The van der Waals surface area contributed by atoms with Gasteiger partial charge in [-0.25, -0.2) is 8.78 Å². The van der Waals surface area contributed by atoms with E-state index in [4.69, 9.17) is 4.74 Å². The van der Waals surface area contributed by atoms with Crippen molar-refractivity contribution < 1.29 is 28.2 Å². The predicted octanol–water partition coefficient (Wildman–Crippen LogP) is 3.59. The molecule has 1 unspecified atom stereocenters. The first-order valence-corrected chi connectivity index (χ1v) is 12.4. The van der Waals surface area contributed by atoms with Gasteiger partial charge in [0.25, 0.3) is 6.43 Å². The SMILES string of the molecule is O=C1CC=NC(CC(C(=O)NCC(F)F)c2ccc(C#Cc3ccc(CN4CCOCC4)cc3)cc2)=C1O. The summed E-state index contributed by atoms with van der Waals surface area (Å²) >= 11 is 0. The summed E-state index contributed by atoms with van der Waals surface area (Å²) in [5, 5.41) is 12.3. The molecule has 4 rings (SSSR count). The molecule has 2 aromatic rings. The van der Waals surface area contributed by atoms with Crippen molar-refractivity contribution in [3.8, 4) is 11.8 Å². The number of benzene rings is 2. The molecule has 2 aliphatic heterocycles. The third-order valence-corrected chi connectivity index (χ3v) is 6.33. The zero-order valence-corrected chi connectivity index (χ0v) is 20.8. The summed E-state index contributed by atoms with van der Waals surface area (Å²) in [6.07, 6.45) is -1.47. The van der Waals surface area contributed by atoms with E-state index in [1.54, 1.807) is 24.3 Å². The number of carbonyl (C=O) groups excluding carboxylic acids is 2. The first-order valence-electron chi connectivity index (χ1n) is 12.4. The van der Waals surface area contributed by atoms with Crippen molar-refractivity contribution in [2.45, 2.75) is 31.7 Å². The molecule has 198 valence electrons. The Kier molecular flexibility index (Phi) is 9.35. The first kappa shape index (κ1) is 27.2. The molecule has 0 spiro atoms. The topological polar surface area (TPSA) is 91.2 Å². The highest BCUT2D eigenvalue weighted by atomic mass is 19.3. The molecule has 2 N–H and O–H groups in total. The van der Waals surface area contributed by atoms with E-state index < -0.39 is 36.3 Å². The molecule has 1 fully saturated rings. The van der Waals surface area contributed by atoms with Crippen LogP contribution in [0.1, 0.15) is 41.0 Å².